The first-order valence-electron chi connectivity index (χ1n) is 21.7. The molecule has 0 saturated heterocycles. The molecule has 0 radical (unpaired) electrons. The van der Waals surface area contributed by atoms with Crippen LogP contribution in [0.25, 0.3) is 76.8 Å². The van der Waals surface area contributed by atoms with Gasteiger partial charge in [0.2, 0.25) is 0 Å². The summed E-state index contributed by atoms with van der Waals surface area (Å²) in [7, 11) is 0. The Balaban J connectivity index is 1.09. The van der Waals surface area contributed by atoms with Crippen molar-refractivity contribution in [3.05, 3.63) is 265 Å². The number of pyridine rings is 2. The van der Waals surface area contributed by atoms with Crippen molar-refractivity contribution in [3.8, 4) is 61.7 Å². The third kappa shape index (κ3) is 6.31. The van der Waals surface area contributed by atoms with Crippen molar-refractivity contribution in [2.75, 3.05) is 0 Å². The van der Waals surface area contributed by atoms with Gasteiger partial charge in [0.15, 0.2) is 5.69 Å². The molecule has 3 aromatic heterocycles. The number of benzene rings is 8. The van der Waals surface area contributed by atoms with Crippen LogP contribution in [0.3, 0.4) is 0 Å². The van der Waals surface area contributed by atoms with Crippen molar-refractivity contribution in [1.29, 1.82) is 0 Å². The topological polar surface area (TPSA) is 44.3 Å². The number of para-hydroxylation sites is 1. The maximum absolute atomic E-state index is 7.85. The van der Waals surface area contributed by atoms with Crippen molar-refractivity contribution in [2.45, 2.75) is 5.41 Å². The summed E-state index contributed by atoms with van der Waals surface area (Å²) in [6.45, 7) is 7.85. The van der Waals surface area contributed by atoms with E-state index in [4.69, 9.17) is 11.3 Å². The molecule has 12 rings (SSSR count). The number of hydrogen-bond donors (Lipinski definition) is 0. The van der Waals surface area contributed by atoms with Crippen molar-refractivity contribution in [2.24, 2.45) is 0 Å². The van der Waals surface area contributed by atoms with Gasteiger partial charge in [-0.25, -0.2) is 4.85 Å². The maximum Gasteiger partial charge on any atom is 0.188 e. The minimum Gasteiger partial charge on any atom is -0.457 e. The Hall–Kier alpha value is -8.85. The summed E-state index contributed by atoms with van der Waals surface area (Å²) in [5.74, 6) is 1.62. The molecule has 65 heavy (non-hydrogen) atoms. The van der Waals surface area contributed by atoms with E-state index in [9.17, 15) is 0 Å². The monoisotopic (exact) mass is 830 g/mol. The summed E-state index contributed by atoms with van der Waals surface area (Å²) >= 11 is 0. The Labute approximate surface area is 377 Å². The average Bonchev–Trinajstić information content (AvgIpc) is 3.71. The number of rotatable bonds is 7. The Bertz CT molecular complexity index is 3520. The molecule has 4 heterocycles. The third-order valence-corrected chi connectivity index (χ3v) is 12.9. The fraction of sp³-hybridized carbons (Fsp3) is 0.0167. The molecule has 8 aromatic carbocycles. The summed E-state index contributed by atoms with van der Waals surface area (Å²) in [6.07, 6.45) is 7.38. The standard InChI is InChI=1S/C60H38N4O/c1-61-50-20-22-57-53(39-50)52-36-42(17-21-56(52)64(57)51-15-9-4-10-16-51)43-18-23-58-54(37-43)60(48-11-5-2-6-12-48,49-13-7-3-8-14-49)55-38-44(19-24-59(55)65-58)47-34-45(40-25-29-62-30-26-40)33-46(35-47)41-27-31-63-32-28-41/h2-39H. The van der Waals surface area contributed by atoms with Gasteiger partial charge in [-0.05, 0) is 164 Å². The molecule has 0 atom stereocenters. The van der Waals surface area contributed by atoms with E-state index in [1.807, 2.05) is 43.0 Å². The Morgan fingerprint density at radius 1 is 0.400 bits per heavy atom. The van der Waals surface area contributed by atoms with Crippen molar-refractivity contribution >= 4 is 27.5 Å². The van der Waals surface area contributed by atoms with Crippen LogP contribution < -0.4 is 4.74 Å². The fourth-order valence-corrected chi connectivity index (χ4v) is 9.94. The molecule has 5 heteroatoms. The zero-order chi connectivity index (χ0) is 43.3. The predicted molar refractivity (Wildman–Crippen MR) is 263 cm³/mol. The van der Waals surface area contributed by atoms with Crippen LogP contribution in [0.2, 0.25) is 0 Å². The average molecular weight is 831 g/mol. The highest BCUT2D eigenvalue weighted by molar-refractivity contribution is 6.11. The molecule has 5 nitrogen and oxygen atoms in total. The van der Waals surface area contributed by atoms with Gasteiger partial charge in [0.1, 0.15) is 11.5 Å². The van der Waals surface area contributed by atoms with E-state index >= 15 is 0 Å². The van der Waals surface area contributed by atoms with Crippen LogP contribution in [0.15, 0.2) is 231 Å². The van der Waals surface area contributed by atoms with E-state index in [0.717, 1.165) is 106 Å². The van der Waals surface area contributed by atoms with E-state index in [0.29, 0.717) is 5.69 Å². The van der Waals surface area contributed by atoms with E-state index in [2.05, 4.69) is 207 Å². The maximum atomic E-state index is 7.85. The van der Waals surface area contributed by atoms with Gasteiger partial charge in [0.25, 0.3) is 0 Å². The normalized spacial score (nSPS) is 12.5. The molecule has 0 bridgehead atoms. The van der Waals surface area contributed by atoms with Gasteiger partial charge in [-0.1, -0.05) is 103 Å². The lowest BCUT2D eigenvalue weighted by atomic mass is 9.63. The summed E-state index contributed by atoms with van der Waals surface area (Å²) in [4.78, 5) is 12.4. The first-order valence-corrected chi connectivity index (χ1v) is 21.7. The summed E-state index contributed by atoms with van der Waals surface area (Å²) < 4.78 is 9.30. The second-order valence-electron chi connectivity index (χ2n) is 16.5. The zero-order valence-corrected chi connectivity index (χ0v) is 35.1. The number of nitrogens with zero attached hydrogens (tertiary/aromatic N) is 4. The van der Waals surface area contributed by atoms with Gasteiger partial charge in [0, 0.05) is 47.0 Å². The van der Waals surface area contributed by atoms with Crippen molar-refractivity contribution < 1.29 is 4.74 Å². The van der Waals surface area contributed by atoms with E-state index in [1.165, 1.54) is 0 Å². The van der Waals surface area contributed by atoms with Gasteiger partial charge in [-0.15, -0.1) is 0 Å². The van der Waals surface area contributed by atoms with Crippen LogP contribution in [0.1, 0.15) is 22.3 Å². The van der Waals surface area contributed by atoms with E-state index in [1.54, 1.807) is 0 Å². The molecule has 304 valence electrons. The Morgan fingerprint density at radius 2 is 0.846 bits per heavy atom. The smallest absolute Gasteiger partial charge is 0.188 e. The lowest BCUT2D eigenvalue weighted by Gasteiger charge is -2.42. The highest BCUT2D eigenvalue weighted by atomic mass is 16.5. The first kappa shape index (κ1) is 37.9. The highest BCUT2D eigenvalue weighted by Crippen LogP contribution is 2.57. The summed E-state index contributed by atoms with van der Waals surface area (Å²) in [6, 6.07) is 73.2. The van der Waals surface area contributed by atoms with Crippen molar-refractivity contribution in [1.82, 2.24) is 14.5 Å². The number of hydrogen-bond acceptors (Lipinski definition) is 3. The van der Waals surface area contributed by atoms with Crippen molar-refractivity contribution in [3.63, 3.8) is 0 Å². The van der Waals surface area contributed by atoms with E-state index < -0.39 is 5.41 Å². The highest BCUT2D eigenvalue weighted by Gasteiger charge is 2.45. The Kier molecular flexibility index (Phi) is 9.03. The molecule has 0 N–H and O–H groups in total. The van der Waals surface area contributed by atoms with Gasteiger partial charge in [-0.3, -0.25) is 9.97 Å². The van der Waals surface area contributed by atoms with Crippen LogP contribution in [-0.4, -0.2) is 14.5 Å². The van der Waals surface area contributed by atoms with Crippen LogP contribution in [0, 0.1) is 6.57 Å². The van der Waals surface area contributed by atoms with Gasteiger partial charge < -0.3 is 9.30 Å². The van der Waals surface area contributed by atoms with Crippen LogP contribution in [0.4, 0.5) is 5.69 Å². The molecule has 0 saturated carbocycles. The molecular weight excluding hydrogens is 793 g/mol. The van der Waals surface area contributed by atoms with Crippen LogP contribution in [-0.2, 0) is 5.41 Å². The lowest BCUT2D eigenvalue weighted by Crippen LogP contribution is -2.34. The fourth-order valence-electron chi connectivity index (χ4n) is 9.94. The van der Waals surface area contributed by atoms with Gasteiger partial charge >= 0.3 is 0 Å². The summed E-state index contributed by atoms with van der Waals surface area (Å²) in [5.41, 5.74) is 16.2. The van der Waals surface area contributed by atoms with Crippen LogP contribution in [0.5, 0.6) is 11.5 Å². The molecule has 0 amide bonds. The van der Waals surface area contributed by atoms with Crippen LogP contribution >= 0.6 is 0 Å². The molecular formula is C60H38N4O. The van der Waals surface area contributed by atoms with Gasteiger partial charge in [-0.2, -0.15) is 0 Å². The second-order valence-corrected chi connectivity index (χ2v) is 16.5. The van der Waals surface area contributed by atoms with Gasteiger partial charge in [0.05, 0.1) is 23.0 Å². The minimum atomic E-state index is -0.758. The number of aromatic nitrogens is 3. The molecule has 0 fully saturated rings. The molecule has 1 aliphatic rings. The minimum absolute atomic E-state index is 0.618. The molecule has 1 aliphatic heterocycles. The molecule has 0 aliphatic carbocycles. The zero-order valence-electron chi connectivity index (χ0n) is 35.1. The quantitative estimate of drug-likeness (QED) is 0.150. The number of ether oxygens (including phenoxy) is 1. The number of fused-ring (bicyclic) bond motifs is 5. The largest absolute Gasteiger partial charge is 0.457 e. The SMILES string of the molecule is [C-]#[N+]c1ccc2c(c1)c1cc(-c3ccc4c(c3)C(c3ccccc3)(c3ccccc3)c3cc(-c5cc(-c6ccncc6)cc(-c6ccncc6)c5)ccc3O4)ccc1n2-c1ccccc1. The molecule has 0 spiro atoms. The Morgan fingerprint density at radius 3 is 1.38 bits per heavy atom. The summed E-state index contributed by atoms with van der Waals surface area (Å²) in [5, 5.41) is 2.14. The predicted octanol–water partition coefficient (Wildman–Crippen LogP) is 15.3. The molecule has 11 aromatic rings. The first-order chi connectivity index (χ1) is 32.2. The third-order valence-electron chi connectivity index (χ3n) is 12.9. The van der Waals surface area contributed by atoms with E-state index in [-0.39, 0.29) is 0 Å². The lowest BCUT2D eigenvalue weighted by molar-refractivity contribution is 0.435. The second kappa shape index (κ2) is 15.5. The molecule has 0 unspecified atom stereocenters.